The van der Waals surface area contributed by atoms with Crippen LogP contribution in [0, 0.1) is 0 Å². The summed E-state index contributed by atoms with van der Waals surface area (Å²) in [6.07, 6.45) is 0.498. The second-order valence-electron chi connectivity index (χ2n) is 4.55. The highest BCUT2D eigenvalue weighted by Gasteiger charge is 2.24. The highest BCUT2D eigenvalue weighted by Crippen LogP contribution is 2.07. The van der Waals surface area contributed by atoms with E-state index in [-0.39, 0.29) is 5.91 Å². The van der Waals surface area contributed by atoms with Gasteiger partial charge in [-0.2, -0.15) is 0 Å². The number of nitrogens with two attached hydrogens (primary N) is 1. The highest BCUT2D eigenvalue weighted by atomic mass is 16.5. The molecule has 0 spiro atoms. The minimum Gasteiger partial charge on any atom is -0.389 e. The number of nitrogens with zero attached hydrogens (tertiary/aromatic N) is 1. The van der Waals surface area contributed by atoms with Crippen LogP contribution in [0.1, 0.15) is 27.2 Å². The van der Waals surface area contributed by atoms with Crippen molar-refractivity contribution in [1.29, 1.82) is 0 Å². The molecule has 0 aromatic heterocycles. The van der Waals surface area contributed by atoms with E-state index in [1.54, 1.807) is 25.9 Å². The minimum atomic E-state index is -0.896. The lowest BCUT2D eigenvalue weighted by molar-refractivity contribution is -0.135. The summed E-state index contributed by atoms with van der Waals surface area (Å²) in [6.45, 7) is 6.51. The van der Waals surface area contributed by atoms with Crippen LogP contribution in [0.2, 0.25) is 0 Å². The molecule has 0 saturated heterocycles. The monoisotopic (exact) mass is 232 g/mol. The summed E-state index contributed by atoms with van der Waals surface area (Å²) < 4.78 is 4.88. The maximum Gasteiger partial charge on any atom is 0.239 e. The Hall–Kier alpha value is -0.650. The number of hydrogen-bond acceptors (Lipinski definition) is 4. The predicted molar refractivity (Wildman–Crippen MR) is 63.0 cm³/mol. The lowest BCUT2D eigenvalue weighted by Gasteiger charge is -2.30. The summed E-state index contributed by atoms with van der Waals surface area (Å²) in [5.41, 5.74) is 4.85. The molecule has 0 aliphatic rings. The highest BCUT2D eigenvalue weighted by molar-refractivity contribution is 5.81. The van der Waals surface area contributed by atoms with Crippen LogP contribution >= 0.6 is 0 Å². The fraction of sp³-hybridized carbons (Fsp3) is 0.909. The van der Waals surface area contributed by atoms with Crippen LogP contribution < -0.4 is 5.73 Å². The summed E-state index contributed by atoms with van der Waals surface area (Å²) in [5, 5.41) is 9.67. The molecule has 0 aliphatic heterocycles. The quantitative estimate of drug-likeness (QED) is 0.646. The van der Waals surface area contributed by atoms with Crippen molar-refractivity contribution in [3.05, 3.63) is 0 Å². The Bertz CT molecular complexity index is 214. The number of hydrogen-bond donors (Lipinski definition) is 2. The van der Waals surface area contributed by atoms with Gasteiger partial charge in [0.2, 0.25) is 5.91 Å². The van der Waals surface area contributed by atoms with Gasteiger partial charge in [0.05, 0.1) is 11.6 Å². The Kier molecular flexibility index (Phi) is 6.55. The van der Waals surface area contributed by atoms with Gasteiger partial charge in [-0.15, -0.1) is 0 Å². The van der Waals surface area contributed by atoms with Crippen molar-refractivity contribution in [3.8, 4) is 0 Å². The van der Waals surface area contributed by atoms with Crippen molar-refractivity contribution in [2.45, 2.75) is 38.8 Å². The molecule has 0 heterocycles. The van der Waals surface area contributed by atoms with Crippen molar-refractivity contribution in [2.24, 2.45) is 5.73 Å². The third-order valence-electron chi connectivity index (χ3n) is 2.22. The average molecular weight is 232 g/mol. The summed E-state index contributed by atoms with van der Waals surface area (Å²) in [6, 6.07) is -0.553. The molecular formula is C11H24N2O3. The van der Waals surface area contributed by atoms with Crippen molar-refractivity contribution < 1.29 is 14.6 Å². The van der Waals surface area contributed by atoms with Gasteiger partial charge in [-0.25, -0.2) is 0 Å². The first-order valence-corrected chi connectivity index (χ1v) is 5.57. The van der Waals surface area contributed by atoms with Crippen LogP contribution in [-0.4, -0.2) is 54.4 Å². The Labute approximate surface area is 97.6 Å². The zero-order valence-electron chi connectivity index (χ0n) is 10.7. The number of rotatable bonds is 7. The Morgan fingerprint density at radius 1 is 1.56 bits per heavy atom. The molecule has 0 rings (SSSR count). The molecule has 3 N–H and O–H groups in total. The molecule has 0 aromatic rings. The van der Waals surface area contributed by atoms with E-state index in [4.69, 9.17) is 10.5 Å². The second kappa shape index (κ2) is 6.83. The van der Waals surface area contributed by atoms with E-state index in [2.05, 4.69) is 0 Å². The number of methoxy groups -OCH3 is 1. The SMILES string of the molecule is CCN(CC(C)(C)O)C(=O)C(N)CCOC. The van der Waals surface area contributed by atoms with Crippen molar-refractivity contribution in [1.82, 2.24) is 4.90 Å². The minimum absolute atomic E-state index is 0.137. The predicted octanol–water partition coefficient (Wildman–Crippen LogP) is -0.0304. The number of ether oxygens (including phenoxy) is 1. The van der Waals surface area contributed by atoms with Gasteiger partial charge in [0.25, 0.3) is 0 Å². The molecule has 96 valence electrons. The Morgan fingerprint density at radius 2 is 2.12 bits per heavy atom. The molecule has 0 aromatic carbocycles. The van der Waals surface area contributed by atoms with Crippen LogP contribution in [0.4, 0.5) is 0 Å². The van der Waals surface area contributed by atoms with Crippen LogP contribution in [0.3, 0.4) is 0 Å². The van der Waals surface area contributed by atoms with E-state index in [0.717, 1.165) is 0 Å². The van der Waals surface area contributed by atoms with E-state index in [1.807, 2.05) is 6.92 Å². The van der Waals surface area contributed by atoms with Crippen LogP contribution in [-0.2, 0) is 9.53 Å². The maximum absolute atomic E-state index is 11.9. The van der Waals surface area contributed by atoms with Gasteiger partial charge < -0.3 is 20.5 Å². The second-order valence-corrected chi connectivity index (χ2v) is 4.55. The fourth-order valence-corrected chi connectivity index (χ4v) is 1.42. The summed E-state index contributed by atoms with van der Waals surface area (Å²) in [5.74, 6) is -0.137. The molecule has 0 radical (unpaired) electrons. The fourth-order valence-electron chi connectivity index (χ4n) is 1.42. The number of amides is 1. The van der Waals surface area contributed by atoms with E-state index < -0.39 is 11.6 Å². The van der Waals surface area contributed by atoms with Gasteiger partial charge in [-0.3, -0.25) is 4.79 Å². The third kappa shape index (κ3) is 6.05. The summed E-state index contributed by atoms with van der Waals surface area (Å²) >= 11 is 0. The summed E-state index contributed by atoms with van der Waals surface area (Å²) in [4.78, 5) is 13.5. The van der Waals surface area contributed by atoms with Gasteiger partial charge in [-0.05, 0) is 27.2 Å². The molecule has 0 aliphatic carbocycles. The van der Waals surface area contributed by atoms with Gasteiger partial charge in [-0.1, -0.05) is 0 Å². The van der Waals surface area contributed by atoms with Crippen molar-refractivity contribution >= 4 is 5.91 Å². The number of carbonyl (C=O) groups is 1. The number of likely N-dealkylation sites (N-methyl/N-ethyl adjacent to an activating group) is 1. The Balaban J connectivity index is 4.30. The summed E-state index contributed by atoms with van der Waals surface area (Å²) in [7, 11) is 1.58. The lowest BCUT2D eigenvalue weighted by Crippen LogP contribution is -2.49. The zero-order chi connectivity index (χ0) is 12.8. The van der Waals surface area contributed by atoms with E-state index in [9.17, 15) is 9.90 Å². The van der Waals surface area contributed by atoms with Gasteiger partial charge in [0, 0.05) is 26.8 Å². The number of carbonyl (C=O) groups excluding carboxylic acids is 1. The molecule has 0 bridgehead atoms. The van der Waals surface area contributed by atoms with Crippen LogP contribution in [0.15, 0.2) is 0 Å². The molecular weight excluding hydrogens is 208 g/mol. The maximum atomic E-state index is 11.9. The van der Waals surface area contributed by atoms with Gasteiger partial charge >= 0.3 is 0 Å². The first kappa shape index (κ1) is 15.3. The average Bonchev–Trinajstić information content (AvgIpc) is 2.20. The van der Waals surface area contributed by atoms with Crippen LogP contribution in [0.5, 0.6) is 0 Å². The van der Waals surface area contributed by atoms with Gasteiger partial charge in [0.1, 0.15) is 0 Å². The molecule has 5 heteroatoms. The molecule has 16 heavy (non-hydrogen) atoms. The Morgan fingerprint density at radius 3 is 2.50 bits per heavy atom. The number of aliphatic hydroxyl groups is 1. The molecule has 1 atom stereocenters. The smallest absolute Gasteiger partial charge is 0.239 e. The van der Waals surface area contributed by atoms with Crippen LogP contribution in [0.25, 0.3) is 0 Å². The van der Waals surface area contributed by atoms with E-state index >= 15 is 0 Å². The zero-order valence-corrected chi connectivity index (χ0v) is 10.7. The molecule has 1 unspecified atom stereocenters. The molecule has 0 fully saturated rings. The third-order valence-corrected chi connectivity index (χ3v) is 2.22. The normalized spacial score (nSPS) is 13.6. The molecule has 5 nitrogen and oxygen atoms in total. The molecule has 0 saturated carbocycles. The first-order valence-electron chi connectivity index (χ1n) is 5.57. The lowest BCUT2D eigenvalue weighted by atomic mass is 10.1. The van der Waals surface area contributed by atoms with Crippen molar-refractivity contribution in [3.63, 3.8) is 0 Å². The van der Waals surface area contributed by atoms with Gasteiger partial charge in [0.15, 0.2) is 0 Å². The topological polar surface area (TPSA) is 75.8 Å². The van der Waals surface area contributed by atoms with E-state index in [1.165, 1.54) is 0 Å². The molecule has 1 amide bonds. The van der Waals surface area contributed by atoms with Crippen molar-refractivity contribution in [2.75, 3.05) is 26.8 Å². The first-order chi connectivity index (χ1) is 7.31. The van der Waals surface area contributed by atoms with E-state index in [0.29, 0.717) is 26.1 Å². The largest absolute Gasteiger partial charge is 0.389 e. The standard InChI is InChI=1S/C11H24N2O3/c1-5-13(8-11(2,3)15)10(14)9(12)6-7-16-4/h9,15H,5-8,12H2,1-4H3.